The third kappa shape index (κ3) is 4.77. The number of aromatic amines is 1. The van der Waals surface area contributed by atoms with Crippen LogP contribution in [0.2, 0.25) is 5.02 Å². The van der Waals surface area contributed by atoms with Crippen molar-refractivity contribution in [3.63, 3.8) is 0 Å². The molecular formula is C24H26ClN3O. The van der Waals surface area contributed by atoms with Gasteiger partial charge in [0.2, 0.25) is 0 Å². The van der Waals surface area contributed by atoms with Gasteiger partial charge in [-0.15, -0.1) is 0 Å². The molecule has 150 valence electrons. The van der Waals surface area contributed by atoms with Crippen molar-refractivity contribution < 1.29 is 0 Å². The summed E-state index contributed by atoms with van der Waals surface area (Å²) in [7, 11) is 0. The molecule has 0 saturated carbocycles. The molecule has 3 aromatic rings. The number of hydrogen-bond acceptors (Lipinski definition) is 3. The molecule has 0 spiro atoms. The second kappa shape index (κ2) is 9.10. The molecule has 0 saturated heterocycles. The van der Waals surface area contributed by atoms with Crippen LogP contribution >= 0.6 is 11.6 Å². The van der Waals surface area contributed by atoms with Gasteiger partial charge in [-0.2, -0.15) is 0 Å². The summed E-state index contributed by atoms with van der Waals surface area (Å²) in [5.41, 5.74) is 10.9. The number of nitrogens with one attached hydrogen (secondary N) is 1. The molecule has 0 radical (unpaired) electrons. The lowest BCUT2D eigenvalue weighted by Gasteiger charge is -2.17. The number of hydrogen-bond donors (Lipinski definition) is 2. The fraction of sp³-hybridized carbons (Fsp3) is 0.250. The van der Waals surface area contributed by atoms with Gasteiger partial charge in [0.15, 0.2) is 0 Å². The van der Waals surface area contributed by atoms with E-state index in [-0.39, 0.29) is 11.5 Å². The van der Waals surface area contributed by atoms with Crippen molar-refractivity contribution in [2.24, 2.45) is 11.7 Å². The summed E-state index contributed by atoms with van der Waals surface area (Å²) in [6.45, 7) is 6.04. The third-order valence-electron chi connectivity index (χ3n) is 5.05. The smallest absolute Gasteiger partial charge is 0.258 e. The Morgan fingerprint density at radius 1 is 1.14 bits per heavy atom. The predicted octanol–water partition coefficient (Wildman–Crippen LogP) is 4.87. The van der Waals surface area contributed by atoms with Crippen LogP contribution in [0.5, 0.6) is 0 Å². The van der Waals surface area contributed by atoms with Crippen LogP contribution in [0.25, 0.3) is 5.57 Å². The molecule has 4 nitrogen and oxygen atoms in total. The molecule has 5 heteroatoms. The Balaban J connectivity index is 2.14. The van der Waals surface area contributed by atoms with Gasteiger partial charge in [-0.05, 0) is 47.4 Å². The van der Waals surface area contributed by atoms with Crippen LogP contribution in [0, 0.1) is 12.8 Å². The van der Waals surface area contributed by atoms with E-state index in [2.05, 4.69) is 4.98 Å². The second-order valence-electron chi connectivity index (χ2n) is 7.49. The van der Waals surface area contributed by atoms with Crippen LogP contribution in [0.4, 0.5) is 0 Å². The molecule has 0 fully saturated rings. The number of aromatic nitrogens is 2. The minimum Gasteiger partial charge on any atom is -0.404 e. The van der Waals surface area contributed by atoms with E-state index >= 15 is 0 Å². The summed E-state index contributed by atoms with van der Waals surface area (Å²) < 4.78 is 0. The van der Waals surface area contributed by atoms with E-state index in [9.17, 15) is 4.79 Å². The number of nitrogens with two attached hydrogens (primary N) is 1. The Bertz CT molecular complexity index is 1060. The van der Waals surface area contributed by atoms with Gasteiger partial charge in [0.1, 0.15) is 5.82 Å². The SMILES string of the molecule is Cc1cccc(Cl)c1Cc1nc(Cc2ccccc2)[nH]c(=O)c1C(=CN)C(C)C. The summed E-state index contributed by atoms with van der Waals surface area (Å²) in [6, 6.07) is 15.8. The minimum atomic E-state index is -0.170. The minimum absolute atomic E-state index is 0.0916. The number of H-pyrrole nitrogens is 1. The number of rotatable bonds is 6. The van der Waals surface area contributed by atoms with E-state index in [1.807, 2.05) is 69.3 Å². The lowest BCUT2D eigenvalue weighted by atomic mass is 9.92. The molecule has 3 rings (SSSR count). The lowest BCUT2D eigenvalue weighted by Crippen LogP contribution is -2.22. The Labute approximate surface area is 176 Å². The van der Waals surface area contributed by atoms with Crippen molar-refractivity contribution in [3.8, 4) is 0 Å². The van der Waals surface area contributed by atoms with Crippen molar-refractivity contribution in [2.75, 3.05) is 0 Å². The maximum absolute atomic E-state index is 13.1. The number of allylic oxidation sites excluding steroid dienone is 1. The van der Waals surface area contributed by atoms with Gasteiger partial charge in [-0.25, -0.2) is 4.98 Å². The van der Waals surface area contributed by atoms with E-state index in [1.54, 1.807) is 0 Å². The zero-order chi connectivity index (χ0) is 21.0. The highest BCUT2D eigenvalue weighted by Crippen LogP contribution is 2.27. The van der Waals surface area contributed by atoms with Gasteiger partial charge < -0.3 is 10.7 Å². The molecule has 1 heterocycles. The van der Waals surface area contributed by atoms with Gasteiger partial charge in [0.25, 0.3) is 5.56 Å². The topological polar surface area (TPSA) is 71.8 Å². The number of halogens is 1. The molecule has 1 aromatic heterocycles. The van der Waals surface area contributed by atoms with E-state index in [1.165, 1.54) is 6.20 Å². The van der Waals surface area contributed by atoms with Crippen LogP contribution in [0.1, 0.15) is 47.6 Å². The molecule has 29 heavy (non-hydrogen) atoms. The van der Waals surface area contributed by atoms with Gasteiger partial charge in [0, 0.05) is 17.9 Å². The summed E-state index contributed by atoms with van der Waals surface area (Å²) in [6.07, 6.45) is 2.53. The van der Waals surface area contributed by atoms with Crippen molar-refractivity contribution >= 4 is 17.2 Å². The second-order valence-corrected chi connectivity index (χ2v) is 7.89. The van der Waals surface area contributed by atoms with Crippen molar-refractivity contribution in [1.82, 2.24) is 9.97 Å². The molecule has 0 atom stereocenters. The Morgan fingerprint density at radius 2 is 1.86 bits per heavy atom. The van der Waals surface area contributed by atoms with Gasteiger partial charge in [-0.1, -0.05) is 67.9 Å². The fourth-order valence-corrected chi connectivity index (χ4v) is 3.78. The van der Waals surface area contributed by atoms with Crippen molar-refractivity contribution in [2.45, 2.75) is 33.6 Å². The molecule has 0 bridgehead atoms. The summed E-state index contributed by atoms with van der Waals surface area (Å²) >= 11 is 6.46. The lowest BCUT2D eigenvalue weighted by molar-refractivity contribution is 0.827. The van der Waals surface area contributed by atoms with Crippen LogP contribution in [-0.4, -0.2) is 9.97 Å². The first kappa shape index (κ1) is 20.9. The van der Waals surface area contributed by atoms with E-state index in [4.69, 9.17) is 22.3 Å². The monoisotopic (exact) mass is 407 g/mol. The third-order valence-corrected chi connectivity index (χ3v) is 5.40. The first-order chi connectivity index (χ1) is 13.9. The molecule has 0 unspecified atom stereocenters. The highest BCUT2D eigenvalue weighted by atomic mass is 35.5. The van der Waals surface area contributed by atoms with E-state index in [0.717, 1.165) is 22.3 Å². The maximum atomic E-state index is 13.1. The molecule has 0 aliphatic heterocycles. The Morgan fingerprint density at radius 3 is 2.48 bits per heavy atom. The van der Waals surface area contributed by atoms with Crippen LogP contribution in [0.15, 0.2) is 59.5 Å². The first-order valence-corrected chi connectivity index (χ1v) is 10.1. The molecular weight excluding hydrogens is 382 g/mol. The van der Waals surface area contributed by atoms with E-state index in [0.29, 0.717) is 34.9 Å². The molecule has 2 aromatic carbocycles. The number of aryl methyl sites for hydroxylation is 1. The van der Waals surface area contributed by atoms with E-state index < -0.39 is 0 Å². The van der Waals surface area contributed by atoms with Crippen molar-refractivity contribution in [3.05, 3.63) is 104 Å². The van der Waals surface area contributed by atoms with Gasteiger partial charge in [0.05, 0.1) is 11.3 Å². The normalized spacial score (nSPS) is 11.8. The van der Waals surface area contributed by atoms with Gasteiger partial charge >= 0.3 is 0 Å². The average Bonchev–Trinajstić information content (AvgIpc) is 2.68. The van der Waals surface area contributed by atoms with Crippen LogP contribution in [0.3, 0.4) is 0 Å². The first-order valence-electron chi connectivity index (χ1n) is 9.72. The fourth-order valence-electron chi connectivity index (χ4n) is 3.49. The zero-order valence-electron chi connectivity index (χ0n) is 17.0. The summed E-state index contributed by atoms with van der Waals surface area (Å²) in [4.78, 5) is 20.9. The molecule has 0 aliphatic rings. The Kier molecular flexibility index (Phi) is 6.55. The van der Waals surface area contributed by atoms with Crippen LogP contribution in [-0.2, 0) is 12.8 Å². The number of benzene rings is 2. The summed E-state index contributed by atoms with van der Waals surface area (Å²) in [5, 5.41) is 0.672. The highest BCUT2D eigenvalue weighted by molar-refractivity contribution is 6.31. The van der Waals surface area contributed by atoms with Crippen molar-refractivity contribution in [1.29, 1.82) is 0 Å². The average molecular weight is 408 g/mol. The zero-order valence-corrected chi connectivity index (χ0v) is 17.8. The Hall–Kier alpha value is -2.85. The molecule has 3 N–H and O–H groups in total. The molecule has 0 aliphatic carbocycles. The standard InChI is InChI=1S/C24H26ClN3O/c1-15(2)19(14-26)23-21(13-18-16(3)8-7-11-20(18)25)27-22(28-24(23)29)12-17-9-5-4-6-10-17/h4-11,14-15H,12-13,26H2,1-3H3,(H,27,28,29). The largest absolute Gasteiger partial charge is 0.404 e. The van der Waals surface area contributed by atoms with Crippen LogP contribution < -0.4 is 11.3 Å². The van der Waals surface area contributed by atoms with Gasteiger partial charge in [-0.3, -0.25) is 4.79 Å². The quantitative estimate of drug-likeness (QED) is 0.612. The predicted molar refractivity (Wildman–Crippen MR) is 120 cm³/mol. The number of nitrogens with zero attached hydrogens (tertiary/aromatic N) is 1. The molecule has 0 amide bonds. The highest BCUT2D eigenvalue weighted by Gasteiger charge is 2.20. The maximum Gasteiger partial charge on any atom is 0.258 e. The summed E-state index contributed by atoms with van der Waals surface area (Å²) in [5.74, 6) is 0.721.